The molecule has 1 aromatic rings. The lowest BCUT2D eigenvalue weighted by Gasteiger charge is -2.09. The molecular formula is C13H21N5O. The highest BCUT2D eigenvalue weighted by Gasteiger charge is 2.06. The first kappa shape index (κ1) is 14.9. The van der Waals surface area contributed by atoms with Crippen LogP contribution in [0.3, 0.4) is 0 Å². The van der Waals surface area contributed by atoms with Gasteiger partial charge in [0, 0.05) is 13.1 Å². The van der Waals surface area contributed by atoms with Gasteiger partial charge in [0.15, 0.2) is 0 Å². The smallest absolute Gasteiger partial charge is 0.323 e. The van der Waals surface area contributed by atoms with Crippen LogP contribution in [-0.4, -0.2) is 34.6 Å². The first-order chi connectivity index (χ1) is 9.30. The van der Waals surface area contributed by atoms with Gasteiger partial charge in [0.25, 0.3) is 0 Å². The molecule has 104 valence electrons. The molecule has 0 saturated heterocycles. The predicted molar refractivity (Wildman–Crippen MR) is 77.6 cm³/mol. The summed E-state index contributed by atoms with van der Waals surface area (Å²) in [5, 5.41) is 6.03. The van der Waals surface area contributed by atoms with Crippen LogP contribution in [0.1, 0.15) is 19.8 Å². The Hall–Kier alpha value is -2.11. The van der Waals surface area contributed by atoms with Crippen LogP contribution in [0, 0.1) is 0 Å². The summed E-state index contributed by atoms with van der Waals surface area (Å²) in [6.45, 7) is 11.1. The molecule has 0 fully saturated rings. The predicted octanol–water partition coefficient (Wildman–Crippen LogP) is 2.25. The largest absolute Gasteiger partial charge is 0.463 e. The first-order valence-electron chi connectivity index (χ1n) is 6.38. The highest BCUT2D eigenvalue weighted by Crippen LogP contribution is 2.11. The second-order valence-electron chi connectivity index (χ2n) is 3.81. The fraction of sp³-hybridized carbons (Fsp3) is 0.462. The van der Waals surface area contributed by atoms with Crippen LogP contribution in [-0.2, 0) is 0 Å². The number of ether oxygens (including phenoxy) is 1. The van der Waals surface area contributed by atoms with Crippen molar-refractivity contribution in [2.24, 2.45) is 0 Å². The zero-order valence-electron chi connectivity index (χ0n) is 11.4. The van der Waals surface area contributed by atoms with E-state index in [1.165, 1.54) is 0 Å². The second-order valence-corrected chi connectivity index (χ2v) is 3.81. The lowest BCUT2D eigenvalue weighted by atomic mass is 10.4. The summed E-state index contributed by atoms with van der Waals surface area (Å²) in [5.41, 5.74) is 0. The van der Waals surface area contributed by atoms with Gasteiger partial charge in [-0.25, -0.2) is 0 Å². The van der Waals surface area contributed by atoms with Crippen LogP contribution in [0.5, 0.6) is 6.01 Å². The highest BCUT2D eigenvalue weighted by molar-refractivity contribution is 5.36. The fourth-order valence-corrected chi connectivity index (χ4v) is 1.21. The van der Waals surface area contributed by atoms with E-state index in [-0.39, 0.29) is 0 Å². The van der Waals surface area contributed by atoms with E-state index >= 15 is 0 Å². The molecular weight excluding hydrogens is 242 g/mol. The van der Waals surface area contributed by atoms with E-state index in [0.29, 0.717) is 37.6 Å². The quantitative estimate of drug-likeness (QED) is 0.498. The maximum absolute atomic E-state index is 5.49. The van der Waals surface area contributed by atoms with Gasteiger partial charge in [-0.05, 0) is 6.42 Å². The minimum Gasteiger partial charge on any atom is -0.463 e. The van der Waals surface area contributed by atoms with Crippen LogP contribution in [0.15, 0.2) is 25.3 Å². The molecule has 1 aromatic heterocycles. The molecule has 0 unspecified atom stereocenters. The lowest BCUT2D eigenvalue weighted by Crippen LogP contribution is -2.11. The van der Waals surface area contributed by atoms with Crippen molar-refractivity contribution >= 4 is 11.9 Å². The summed E-state index contributed by atoms with van der Waals surface area (Å²) in [6, 6.07) is 0.321. The number of unbranched alkanes of at least 4 members (excludes halogenated alkanes) is 1. The number of hydrogen-bond acceptors (Lipinski definition) is 6. The van der Waals surface area contributed by atoms with Crippen molar-refractivity contribution in [3.05, 3.63) is 25.3 Å². The standard InChI is InChI=1S/C13H21N5O/c1-4-7-10-19-13-17-11(14-8-5-2)16-12(18-13)15-9-6-3/h5-6H,2-4,7-10H2,1H3,(H2,14,15,16,17,18). The molecule has 0 atom stereocenters. The van der Waals surface area contributed by atoms with Crippen LogP contribution >= 0.6 is 0 Å². The molecule has 2 N–H and O–H groups in total. The van der Waals surface area contributed by atoms with E-state index in [4.69, 9.17) is 4.74 Å². The third kappa shape index (κ3) is 5.85. The van der Waals surface area contributed by atoms with Gasteiger partial charge in [0.2, 0.25) is 11.9 Å². The third-order valence-electron chi connectivity index (χ3n) is 2.15. The molecule has 0 amide bonds. The van der Waals surface area contributed by atoms with Gasteiger partial charge < -0.3 is 15.4 Å². The summed E-state index contributed by atoms with van der Waals surface area (Å²) in [6.07, 6.45) is 5.50. The van der Waals surface area contributed by atoms with Crippen molar-refractivity contribution in [2.45, 2.75) is 19.8 Å². The number of nitrogens with zero attached hydrogens (tertiary/aromatic N) is 3. The summed E-state index contributed by atoms with van der Waals surface area (Å²) < 4.78 is 5.49. The molecule has 1 rings (SSSR count). The minimum atomic E-state index is 0.321. The van der Waals surface area contributed by atoms with Crippen molar-refractivity contribution in [3.8, 4) is 6.01 Å². The number of rotatable bonds is 10. The van der Waals surface area contributed by atoms with Crippen molar-refractivity contribution in [1.29, 1.82) is 0 Å². The summed E-state index contributed by atoms with van der Waals surface area (Å²) >= 11 is 0. The molecule has 0 bridgehead atoms. The first-order valence-corrected chi connectivity index (χ1v) is 6.38. The van der Waals surface area contributed by atoms with Gasteiger partial charge in [0.05, 0.1) is 6.61 Å². The van der Waals surface area contributed by atoms with Gasteiger partial charge in [-0.15, -0.1) is 13.2 Å². The monoisotopic (exact) mass is 263 g/mol. The molecule has 0 saturated carbocycles. The molecule has 0 aliphatic rings. The molecule has 0 aliphatic heterocycles. The summed E-state index contributed by atoms with van der Waals surface area (Å²) in [4.78, 5) is 12.6. The van der Waals surface area contributed by atoms with Gasteiger partial charge in [0.1, 0.15) is 0 Å². The van der Waals surface area contributed by atoms with Crippen LogP contribution in [0.4, 0.5) is 11.9 Å². The van der Waals surface area contributed by atoms with Crippen molar-refractivity contribution in [3.63, 3.8) is 0 Å². The van der Waals surface area contributed by atoms with E-state index in [0.717, 1.165) is 12.8 Å². The van der Waals surface area contributed by atoms with Crippen LogP contribution < -0.4 is 15.4 Å². The van der Waals surface area contributed by atoms with Crippen molar-refractivity contribution in [1.82, 2.24) is 15.0 Å². The molecule has 1 heterocycles. The Morgan fingerprint density at radius 3 is 2.11 bits per heavy atom. The second kappa shape index (κ2) is 8.91. The Labute approximate surface area is 114 Å². The van der Waals surface area contributed by atoms with E-state index in [1.54, 1.807) is 12.2 Å². The van der Waals surface area contributed by atoms with Gasteiger partial charge in [-0.2, -0.15) is 15.0 Å². The van der Waals surface area contributed by atoms with Crippen LogP contribution in [0.2, 0.25) is 0 Å². The number of hydrogen-bond donors (Lipinski definition) is 2. The Morgan fingerprint density at radius 1 is 1.05 bits per heavy atom. The molecule has 6 nitrogen and oxygen atoms in total. The summed E-state index contributed by atoms with van der Waals surface area (Å²) in [5.74, 6) is 0.931. The maximum Gasteiger partial charge on any atom is 0.323 e. The molecule has 6 heteroatoms. The van der Waals surface area contributed by atoms with Crippen molar-refractivity contribution < 1.29 is 4.74 Å². The Morgan fingerprint density at radius 2 is 1.63 bits per heavy atom. The van der Waals surface area contributed by atoms with Gasteiger partial charge >= 0.3 is 6.01 Å². The molecule has 0 aromatic carbocycles. The average Bonchev–Trinajstić information content (AvgIpc) is 2.43. The van der Waals surface area contributed by atoms with Gasteiger partial charge in [-0.3, -0.25) is 0 Å². The normalized spacial score (nSPS) is 9.74. The Bertz CT molecular complexity index is 378. The molecule has 0 spiro atoms. The maximum atomic E-state index is 5.49. The lowest BCUT2D eigenvalue weighted by molar-refractivity contribution is 0.285. The fourth-order valence-electron chi connectivity index (χ4n) is 1.21. The van der Waals surface area contributed by atoms with E-state index in [1.807, 2.05) is 0 Å². The third-order valence-corrected chi connectivity index (χ3v) is 2.15. The van der Waals surface area contributed by atoms with Crippen LogP contribution in [0.25, 0.3) is 0 Å². The average molecular weight is 263 g/mol. The number of nitrogens with one attached hydrogen (secondary N) is 2. The Kier molecular flexibility index (Phi) is 7.01. The Balaban J connectivity index is 2.75. The van der Waals surface area contributed by atoms with E-state index < -0.39 is 0 Å². The van der Waals surface area contributed by atoms with Crippen molar-refractivity contribution in [2.75, 3.05) is 30.3 Å². The topological polar surface area (TPSA) is 72.0 Å². The summed E-state index contributed by atoms with van der Waals surface area (Å²) in [7, 11) is 0. The van der Waals surface area contributed by atoms with E-state index in [2.05, 4.69) is 45.7 Å². The highest BCUT2D eigenvalue weighted by atomic mass is 16.5. The van der Waals surface area contributed by atoms with E-state index in [9.17, 15) is 0 Å². The molecule has 0 aliphatic carbocycles. The molecule has 19 heavy (non-hydrogen) atoms. The minimum absolute atomic E-state index is 0.321. The zero-order chi connectivity index (χ0) is 13.9. The van der Waals surface area contributed by atoms with Gasteiger partial charge in [-0.1, -0.05) is 25.5 Å². The number of anilines is 2. The number of aromatic nitrogens is 3. The molecule has 0 radical (unpaired) electrons. The SMILES string of the molecule is C=CCNc1nc(NCC=C)nc(OCCCC)n1. The zero-order valence-corrected chi connectivity index (χ0v) is 11.4.